The lowest BCUT2D eigenvalue weighted by atomic mass is 10.3. The van der Waals surface area contributed by atoms with Crippen molar-refractivity contribution < 1.29 is 14.3 Å². The van der Waals surface area contributed by atoms with Crippen LogP contribution in [0.2, 0.25) is 0 Å². The summed E-state index contributed by atoms with van der Waals surface area (Å²) in [5, 5.41) is 3.21. The van der Waals surface area contributed by atoms with E-state index in [0.29, 0.717) is 11.0 Å². The van der Waals surface area contributed by atoms with Gasteiger partial charge in [0.2, 0.25) is 0 Å². The number of carbonyl (C=O) groups excluding carboxylic acids is 2. The highest BCUT2D eigenvalue weighted by molar-refractivity contribution is 7.15. The van der Waals surface area contributed by atoms with Crippen LogP contribution in [-0.4, -0.2) is 23.0 Å². The molecule has 1 aliphatic carbocycles. The van der Waals surface area contributed by atoms with Gasteiger partial charge in [0.05, 0.1) is 11.6 Å². The molecule has 1 N–H and O–H groups in total. The van der Waals surface area contributed by atoms with Crippen LogP contribution in [0.1, 0.15) is 30.8 Å². The second-order valence-corrected chi connectivity index (χ2v) is 6.25. The maximum atomic E-state index is 11.9. The molecule has 6 heteroatoms. The Hall–Kier alpha value is -1.43. The zero-order valence-corrected chi connectivity index (χ0v) is 12.3. The fraction of sp³-hybridized carbons (Fsp3) is 0.615. The number of esters is 1. The van der Waals surface area contributed by atoms with Crippen molar-refractivity contribution in [3.05, 3.63) is 10.6 Å². The molecule has 1 heterocycles. The predicted octanol–water partition coefficient (Wildman–Crippen LogP) is 2.29. The summed E-state index contributed by atoms with van der Waals surface area (Å²) in [5.41, 5.74) is 0.900. The van der Waals surface area contributed by atoms with E-state index in [-0.39, 0.29) is 17.8 Å². The van der Waals surface area contributed by atoms with Gasteiger partial charge in [-0.25, -0.2) is 4.98 Å². The molecule has 1 saturated carbocycles. The first-order valence-electron chi connectivity index (χ1n) is 6.34. The van der Waals surface area contributed by atoms with E-state index < -0.39 is 6.10 Å². The molecule has 0 saturated heterocycles. The van der Waals surface area contributed by atoms with E-state index >= 15 is 0 Å². The third-order valence-corrected chi connectivity index (χ3v) is 4.32. The molecular weight excluding hydrogens is 264 g/mol. The van der Waals surface area contributed by atoms with Crippen molar-refractivity contribution in [1.29, 1.82) is 0 Å². The van der Waals surface area contributed by atoms with Crippen LogP contribution in [0.3, 0.4) is 0 Å². The molecule has 1 aromatic rings. The standard InChI is InChI=1S/C13H18N2O3S/c1-6-5-10(6)12(17)18-8(3)11(16)15-13-14-7(2)9(4)19-13/h6,8,10H,5H2,1-4H3,(H,14,15,16). The van der Waals surface area contributed by atoms with Gasteiger partial charge in [-0.05, 0) is 33.1 Å². The van der Waals surface area contributed by atoms with E-state index in [0.717, 1.165) is 17.0 Å². The highest BCUT2D eigenvalue weighted by Crippen LogP contribution is 2.38. The Labute approximate surface area is 116 Å². The molecule has 0 bridgehead atoms. The third-order valence-electron chi connectivity index (χ3n) is 3.33. The number of nitrogens with zero attached hydrogens (tertiary/aromatic N) is 1. The Morgan fingerprint density at radius 1 is 1.47 bits per heavy atom. The van der Waals surface area contributed by atoms with Crippen LogP contribution in [-0.2, 0) is 14.3 Å². The van der Waals surface area contributed by atoms with Crippen molar-refractivity contribution in [3.63, 3.8) is 0 Å². The number of amides is 1. The SMILES string of the molecule is Cc1nc(NC(=O)C(C)OC(=O)C2CC2C)sc1C. The fourth-order valence-electron chi connectivity index (χ4n) is 1.70. The highest BCUT2D eigenvalue weighted by Gasteiger charge is 2.41. The second-order valence-electron chi connectivity index (χ2n) is 5.05. The van der Waals surface area contributed by atoms with E-state index in [1.54, 1.807) is 6.92 Å². The summed E-state index contributed by atoms with van der Waals surface area (Å²) < 4.78 is 5.14. The molecule has 19 heavy (non-hydrogen) atoms. The highest BCUT2D eigenvalue weighted by atomic mass is 32.1. The molecule has 0 aliphatic heterocycles. The largest absolute Gasteiger partial charge is 0.452 e. The first-order valence-corrected chi connectivity index (χ1v) is 7.15. The summed E-state index contributed by atoms with van der Waals surface area (Å²) in [5.74, 6) is -0.260. The average molecular weight is 282 g/mol. The average Bonchev–Trinajstić information content (AvgIpc) is 2.97. The van der Waals surface area contributed by atoms with Crippen LogP contribution in [0.25, 0.3) is 0 Å². The second kappa shape index (κ2) is 5.28. The summed E-state index contributed by atoms with van der Waals surface area (Å²) in [6, 6.07) is 0. The number of carbonyl (C=O) groups is 2. The maximum absolute atomic E-state index is 11.9. The molecule has 1 amide bonds. The van der Waals surface area contributed by atoms with E-state index in [1.165, 1.54) is 11.3 Å². The first kappa shape index (κ1) is 14.0. The first-order chi connectivity index (χ1) is 8.88. The molecule has 0 spiro atoms. The predicted molar refractivity (Wildman–Crippen MR) is 73.0 cm³/mol. The maximum Gasteiger partial charge on any atom is 0.309 e. The van der Waals surface area contributed by atoms with Crippen molar-refractivity contribution in [2.45, 2.75) is 40.2 Å². The van der Waals surface area contributed by atoms with E-state index in [4.69, 9.17) is 4.74 Å². The van der Waals surface area contributed by atoms with E-state index in [1.807, 2.05) is 20.8 Å². The minimum Gasteiger partial charge on any atom is -0.452 e. The van der Waals surface area contributed by atoms with Crippen LogP contribution in [0, 0.1) is 25.7 Å². The zero-order chi connectivity index (χ0) is 14.2. The van der Waals surface area contributed by atoms with Crippen LogP contribution >= 0.6 is 11.3 Å². The van der Waals surface area contributed by atoms with Gasteiger partial charge in [-0.15, -0.1) is 11.3 Å². The number of anilines is 1. The van der Waals surface area contributed by atoms with Gasteiger partial charge < -0.3 is 4.74 Å². The van der Waals surface area contributed by atoms with E-state index in [9.17, 15) is 9.59 Å². The molecule has 0 radical (unpaired) electrons. The molecule has 3 unspecified atom stereocenters. The molecular formula is C13H18N2O3S. The number of hydrogen-bond donors (Lipinski definition) is 1. The van der Waals surface area contributed by atoms with Crippen molar-refractivity contribution >= 4 is 28.3 Å². The van der Waals surface area contributed by atoms with Gasteiger partial charge >= 0.3 is 5.97 Å². The molecule has 1 fully saturated rings. The number of hydrogen-bond acceptors (Lipinski definition) is 5. The number of thiazole rings is 1. The van der Waals surface area contributed by atoms with Crippen LogP contribution in [0.15, 0.2) is 0 Å². The summed E-state index contributed by atoms with van der Waals surface area (Å²) in [4.78, 5) is 28.8. The van der Waals surface area contributed by atoms with Crippen LogP contribution < -0.4 is 5.32 Å². The molecule has 104 valence electrons. The van der Waals surface area contributed by atoms with Crippen LogP contribution in [0.4, 0.5) is 5.13 Å². The van der Waals surface area contributed by atoms with Gasteiger partial charge in [0.15, 0.2) is 11.2 Å². The lowest BCUT2D eigenvalue weighted by Gasteiger charge is -2.12. The summed E-state index contributed by atoms with van der Waals surface area (Å²) in [6.45, 7) is 7.41. The monoisotopic (exact) mass is 282 g/mol. The topological polar surface area (TPSA) is 68.3 Å². The van der Waals surface area contributed by atoms with Crippen LogP contribution in [0.5, 0.6) is 0 Å². The van der Waals surface area contributed by atoms with Crippen molar-refractivity contribution in [1.82, 2.24) is 4.98 Å². The molecule has 2 rings (SSSR count). The molecule has 5 nitrogen and oxygen atoms in total. The molecule has 1 aliphatic rings. The Morgan fingerprint density at radius 3 is 2.58 bits per heavy atom. The summed E-state index contributed by atoms with van der Waals surface area (Å²) in [6.07, 6.45) is 0.0720. The molecule has 3 atom stereocenters. The van der Waals surface area contributed by atoms with Gasteiger partial charge in [0, 0.05) is 4.88 Å². The zero-order valence-electron chi connectivity index (χ0n) is 11.5. The lowest BCUT2D eigenvalue weighted by Crippen LogP contribution is -2.30. The number of aromatic nitrogens is 1. The Balaban J connectivity index is 1.87. The van der Waals surface area contributed by atoms with Crippen molar-refractivity contribution in [2.75, 3.05) is 5.32 Å². The normalized spacial score (nSPS) is 22.7. The fourth-order valence-corrected chi connectivity index (χ4v) is 2.52. The smallest absolute Gasteiger partial charge is 0.309 e. The number of ether oxygens (including phenoxy) is 1. The van der Waals surface area contributed by atoms with Crippen molar-refractivity contribution in [2.24, 2.45) is 11.8 Å². The third kappa shape index (κ3) is 3.32. The minimum absolute atomic E-state index is 0.0281. The number of rotatable bonds is 4. The lowest BCUT2D eigenvalue weighted by molar-refractivity contribution is -0.154. The Morgan fingerprint density at radius 2 is 2.11 bits per heavy atom. The molecule has 0 aromatic carbocycles. The number of aryl methyl sites for hydroxylation is 2. The summed E-state index contributed by atoms with van der Waals surface area (Å²) in [7, 11) is 0. The van der Waals surface area contributed by atoms with Gasteiger partial charge in [0.1, 0.15) is 0 Å². The Bertz CT molecular complexity index is 492. The quantitative estimate of drug-likeness (QED) is 0.860. The minimum atomic E-state index is -0.787. The summed E-state index contributed by atoms with van der Waals surface area (Å²) >= 11 is 1.41. The van der Waals surface area contributed by atoms with E-state index in [2.05, 4.69) is 10.3 Å². The van der Waals surface area contributed by atoms with Gasteiger partial charge in [-0.3, -0.25) is 14.9 Å². The van der Waals surface area contributed by atoms with Crippen molar-refractivity contribution in [3.8, 4) is 0 Å². The number of nitrogens with one attached hydrogen (secondary N) is 1. The van der Waals surface area contributed by atoms with Gasteiger partial charge in [0.25, 0.3) is 5.91 Å². The Kier molecular flexibility index (Phi) is 3.89. The molecule has 1 aromatic heterocycles. The van der Waals surface area contributed by atoms with Gasteiger partial charge in [-0.2, -0.15) is 0 Å². The van der Waals surface area contributed by atoms with Gasteiger partial charge in [-0.1, -0.05) is 6.92 Å².